The zero-order valence-corrected chi connectivity index (χ0v) is 9.99. The monoisotopic (exact) mass is 230 g/mol. The zero-order valence-electron chi connectivity index (χ0n) is 9.99. The number of aliphatic hydroxyl groups excluding tert-OH is 1. The van der Waals surface area contributed by atoms with Gasteiger partial charge in [0, 0.05) is 9.82 Å². The number of hydrogen-bond donors (Lipinski definition) is 2. The molecule has 0 aromatic heterocycles. The molecule has 0 aliphatic heterocycles. The van der Waals surface area contributed by atoms with Crippen molar-refractivity contribution in [2.45, 2.75) is 38.8 Å². The summed E-state index contributed by atoms with van der Waals surface area (Å²) in [4.78, 5) is 5.03. The molecule has 0 unspecified atom stereocenters. The standard InChI is InChI=1S/2C4H9N3O/c1-4(2,3-8)6-7-5;1-4(2,8)3-6-7-5/h2*8H,3H2,1-2H3. The van der Waals surface area contributed by atoms with Crippen LogP contribution in [0, 0.1) is 0 Å². The number of rotatable bonds is 4. The average Bonchev–Trinajstić information content (AvgIpc) is 2.15. The van der Waals surface area contributed by atoms with Crippen LogP contribution in [-0.4, -0.2) is 34.5 Å². The Bertz CT molecular complexity index is 283. The minimum absolute atomic E-state index is 0.114. The van der Waals surface area contributed by atoms with E-state index in [2.05, 4.69) is 20.1 Å². The van der Waals surface area contributed by atoms with Gasteiger partial charge in [-0.3, -0.25) is 0 Å². The first-order valence-corrected chi connectivity index (χ1v) is 4.59. The maximum absolute atomic E-state index is 8.88. The highest BCUT2D eigenvalue weighted by atomic mass is 16.3. The molecule has 92 valence electrons. The third kappa shape index (κ3) is 15.0. The Morgan fingerprint density at radius 1 is 1.12 bits per heavy atom. The van der Waals surface area contributed by atoms with Crippen molar-refractivity contribution in [3.63, 3.8) is 0 Å². The van der Waals surface area contributed by atoms with Crippen molar-refractivity contribution in [3.05, 3.63) is 20.9 Å². The van der Waals surface area contributed by atoms with Gasteiger partial charge in [-0.1, -0.05) is 24.1 Å². The number of aliphatic hydroxyl groups is 2. The normalized spacial score (nSPS) is 10.4. The van der Waals surface area contributed by atoms with Crippen LogP contribution in [0.3, 0.4) is 0 Å². The summed E-state index contributed by atoms with van der Waals surface area (Å²) in [6.07, 6.45) is 0. The van der Waals surface area contributed by atoms with Gasteiger partial charge in [0.1, 0.15) is 0 Å². The molecule has 0 bridgehead atoms. The van der Waals surface area contributed by atoms with Crippen LogP contribution in [0.25, 0.3) is 20.9 Å². The highest BCUT2D eigenvalue weighted by Crippen LogP contribution is 2.05. The molecule has 0 rings (SSSR count). The topological polar surface area (TPSA) is 138 Å². The van der Waals surface area contributed by atoms with Gasteiger partial charge in [-0.2, -0.15) is 0 Å². The zero-order chi connectivity index (χ0) is 13.2. The van der Waals surface area contributed by atoms with Gasteiger partial charge in [0.05, 0.1) is 24.3 Å². The SMILES string of the molecule is CC(C)(CO)N=[N+]=[N-].CC(C)(O)CN=[N+]=[N-]. The predicted octanol–water partition coefficient (Wildman–Crippen LogP) is 2.14. The van der Waals surface area contributed by atoms with Gasteiger partial charge in [0.2, 0.25) is 0 Å². The van der Waals surface area contributed by atoms with Crippen LogP contribution in [0.5, 0.6) is 0 Å². The Kier molecular flexibility index (Phi) is 8.25. The van der Waals surface area contributed by atoms with Crippen LogP contribution in [0.1, 0.15) is 27.7 Å². The summed E-state index contributed by atoms with van der Waals surface area (Å²) in [7, 11) is 0. The van der Waals surface area contributed by atoms with Crippen molar-refractivity contribution in [2.24, 2.45) is 10.2 Å². The lowest BCUT2D eigenvalue weighted by Crippen LogP contribution is -2.21. The van der Waals surface area contributed by atoms with E-state index in [-0.39, 0.29) is 13.2 Å². The van der Waals surface area contributed by atoms with E-state index in [1.807, 2.05) is 0 Å². The average molecular weight is 230 g/mol. The van der Waals surface area contributed by atoms with Crippen LogP contribution in [0.2, 0.25) is 0 Å². The Morgan fingerprint density at radius 2 is 1.62 bits per heavy atom. The Hall–Kier alpha value is -1.46. The third-order valence-electron chi connectivity index (χ3n) is 1.22. The molecule has 0 atom stereocenters. The van der Waals surface area contributed by atoms with Crippen LogP contribution < -0.4 is 0 Å². The lowest BCUT2D eigenvalue weighted by Gasteiger charge is -2.11. The fourth-order valence-corrected chi connectivity index (χ4v) is 0.357. The van der Waals surface area contributed by atoms with Gasteiger partial charge in [0.15, 0.2) is 0 Å². The fraction of sp³-hybridized carbons (Fsp3) is 1.00. The van der Waals surface area contributed by atoms with Crippen LogP contribution in [0.15, 0.2) is 10.2 Å². The van der Waals surface area contributed by atoms with Gasteiger partial charge in [-0.25, -0.2) is 0 Å². The summed E-state index contributed by atoms with van der Waals surface area (Å²) in [5.41, 5.74) is 14.1. The van der Waals surface area contributed by atoms with E-state index in [9.17, 15) is 0 Å². The van der Waals surface area contributed by atoms with Crippen molar-refractivity contribution < 1.29 is 10.2 Å². The molecule has 0 heterocycles. The minimum Gasteiger partial charge on any atom is -0.396 e. The molecule has 0 aromatic carbocycles. The first kappa shape index (κ1) is 17.0. The molecular formula is C8H18N6O2. The van der Waals surface area contributed by atoms with E-state index >= 15 is 0 Å². The lowest BCUT2D eigenvalue weighted by molar-refractivity contribution is 0.0899. The largest absolute Gasteiger partial charge is 0.396 e. The van der Waals surface area contributed by atoms with Crippen molar-refractivity contribution in [1.82, 2.24) is 0 Å². The van der Waals surface area contributed by atoms with Gasteiger partial charge in [0.25, 0.3) is 0 Å². The van der Waals surface area contributed by atoms with Crippen LogP contribution >= 0.6 is 0 Å². The second-order valence-electron chi connectivity index (χ2n) is 4.36. The smallest absolute Gasteiger partial charge is 0.0662 e. The summed E-state index contributed by atoms with van der Waals surface area (Å²) >= 11 is 0. The van der Waals surface area contributed by atoms with Crippen molar-refractivity contribution >= 4 is 0 Å². The van der Waals surface area contributed by atoms with Crippen molar-refractivity contribution in [2.75, 3.05) is 13.2 Å². The van der Waals surface area contributed by atoms with E-state index in [4.69, 9.17) is 21.3 Å². The first-order chi connectivity index (χ1) is 7.18. The van der Waals surface area contributed by atoms with Crippen LogP contribution in [-0.2, 0) is 0 Å². The van der Waals surface area contributed by atoms with E-state index in [0.29, 0.717) is 0 Å². The minimum atomic E-state index is -0.869. The molecule has 8 nitrogen and oxygen atoms in total. The molecule has 0 saturated carbocycles. The van der Waals surface area contributed by atoms with Gasteiger partial charge < -0.3 is 10.2 Å². The van der Waals surface area contributed by atoms with E-state index in [1.165, 1.54) is 0 Å². The van der Waals surface area contributed by atoms with Crippen LogP contribution in [0.4, 0.5) is 0 Å². The first-order valence-electron chi connectivity index (χ1n) is 4.59. The van der Waals surface area contributed by atoms with Crippen molar-refractivity contribution in [3.8, 4) is 0 Å². The highest BCUT2D eigenvalue weighted by Gasteiger charge is 2.12. The number of azide groups is 2. The molecule has 0 aromatic rings. The second kappa shape index (κ2) is 7.78. The number of hydrogen-bond acceptors (Lipinski definition) is 4. The van der Waals surface area contributed by atoms with Crippen molar-refractivity contribution in [1.29, 1.82) is 0 Å². The quantitative estimate of drug-likeness (QED) is 0.434. The third-order valence-corrected chi connectivity index (χ3v) is 1.22. The van der Waals surface area contributed by atoms with Gasteiger partial charge in [-0.05, 0) is 24.9 Å². The molecule has 0 fully saturated rings. The van der Waals surface area contributed by atoms with E-state index in [1.54, 1.807) is 27.7 Å². The molecule has 0 spiro atoms. The summed E-state index contributed by atoms with van der Waals surface area (Å²) in [6, 6.07) is 0. The molecule has 0 saturated heterocycles. The highest BCUT2D eigenvalue weighted by molar-refractivity contribution is 4.75. The fourth-order valence-electron chi connectivity index (χ4n) is 0.357. The maximum atomic E-state index is 8.88. The molecule has 0 aliphatic rings. The Balaban J connectivity index is 0. The summed E-state index contributed by atoms with van der Waals surface area (Å²) in [5, 5.41) is 23.8. The van der Waals surface area contributed by atoms with E-state index < -0.39 is 11.1 Å². The lowest BCUT2D eigenvalue weighted by atomic mass is 10.1. The van der Waals surface area contributed by atoms with Gasteiger partial charge in [-0.15, -0.1) is 0 Å². The maximum Gasteiger partial charge on any atom is 0.0662 e. The van der Waals surface area contributed by atoms with E-state index in [0.717, 1.165) is 0 Å². The summed E-state index contributed by atoms with van der Waals surface area (Å²) in [6.45, 7) is 6.50. The molecule has 16 heavy (non-hydrogen) atoms. The summed E-state index contributed by atoms with van der Waals surface area (Å²) in [5.74, 6) is 0. The molecular weight excluding hydrogens is 212 g/mol. The predicted molar refractivity (Wildman–Crippen MR) is 60.6 cm³/mol. The Labute approximate surface area is 94.2 Å². The molecule has 0 radical (unpaired) electrons. The second-order valence-corrected chi connectivity index (χ2v) is 4.36. The molecule has 8 heteroatoms. The van der Waals surface area contributed by atoms with Gasteiger partial charge >= 0.3 is 0 Å². The molecule has 2 N–H and O–H groups in total. The molecule has 0 amide bonds. The Morgan fingerprint density at radius 3 is 1.75 bits per heavy atom. The number of nitrogens with zero attached hydrogens (tertiary/aromatic N) is 6. The molecule has 0 aliphatic carbocycles. The summed E-state index contributed by atoms with van der Waals surface area (Å²) < 4.78 is 0.